The first kappa shape index (κ1) is 12.5. The van der Waals surface area contributed by atoms with Crippen molar-refractivity contribution in [1.29, 1.82) is 0 Å². The van der Waals surface area contributed by atoms with E-state index in [9.17, 15) is 4.79 Å². The second-order valence-electron chi connectivity index (χ2n) is 4.82. The molecule has 1 amide bonds. The fourth-order valence-corrected chi connectivity index (χ4v) is 1.97. The van der Waals surface area contributed by atoms with Gasteiger partial charge in [-0.25, -0.2) is 0 Å². The van der Waals surface area contributed by atoms with E-state index in [0.717, 1.165) is 13.1 Å². The summed E-state index contributed by atoms with van der Waals surface area (Å²) in [6, 6.07) is 0. The first-order valence-electron chi connectivity index (χ1n) is 5.78. The van der Waals surface area contributed by atoms with E-state index in [1.54, 1.807) is 0 Å². The van der Waals surface area contributed by atoms with Gasteiger partial charge in [0.2, 0.25) is 5.91 Å². The van der Waals surface area contributed by atoms with Gasteiger partial charge in [-0.2, -0.15) is 0 Å². The third-order valence-electron chi connectivity index (χ3n) is 3.05. The van der Waals surface area contributed by atoms with E-state index in [4.69, 9.17) is 5.73 Å². The van der Waals surface area contributed by atoms with Crippen molar-refractivity contribution in [3.63, 3.8) is 0 Å². The summed E-state index contributed by atoms with van der Waals surface area (Å²) in [5, 5.41) is 2.94. The number of nitrogens with one attached hydrogen (secondary N) is 1. The van der Waals surface area contributed by atoms with E-state index >= 15 is 0 Å². The Bertz CT molecular complexity index is 210. The van der Waals surface area contributed by atoms with Crippen LogP contribution in [0.2, 0.25) is 0 Å². The molecule has 1 heterocycles. The second-order valence-corrected chi connectivity index (χ2v) is 4.82. The lowest BCUT2D eigenvalue weighted by atomic mass is 10.0. The molecule has 88 valence electrons. The zero-order valence-corrected chi connectivity index (χ0v) is 9.88. The van der Waals surface area contributed by atoms with Gasteiger partial charge in [-0.3, -0.25) is 9.69 Å². The number of hydrogen-bond acceptors (Lipinski definition) is 3. The molecule has 15 heavy (non-hydrogen) atoms. The van der Waals surface area contributed by atoms with E-state index in [0.29, 0.717) is 19.5 Å². The molecule has 1 rings (SSSR count). The van der Waals surface area contributed by atoms with Crippen molar-refractivity contribution < 1.29 is 4.79 Å². The minimum Gasteiger partial charge on any atom is -0.354 e. The SMILES string of the molecule is CC(C)(CNC(=O)CCN)N1CCCC1. The van der Waals surface area contributed by atoms with Crippen molar-refractivity contribution in [2.45, 2.75) is 38.6 Å². The van der Waals surface area contributed by atoms with Gasteiger partial charge >= 0.3 is 0 Å². The van der Waals surface area contributed by atoms with Gasteiger partial charge in [0.25, 0.3) is 0 Å². The lowest BCUT2D eigenvalue weighted by Gasteiger charge is -2.35. The minimum atomic E-state index is 0.0600. The largest absolute Gasteiger partial charge is 0.354 e. The fourth-order valence-electron chi connectivity index (χ4n) is 1.97. The highest BCUT2D eigenvalue weighted by molar-refractivity contribution is 5.76. The first-order valence-corrected chi connectivity index (χ1v) is 5.78. The maximum Gasteiger partial charge on any atom is 0.221 e. The van der Waals surface area contributed by atoms with Crippen LogP contribution in [0.1, 0.15) is 33.1 Å². The van der Waals surface area contributed by atoms with E-state index in [2.05, 4.69) is 24.1 Å². The van der Waals surface area contributed by atoms with Crippen LogP contribution in [0.4, 0.5) is 0 Å². The number of hydrogen-bond donors (Lipinski definition) is 2. The molecule has 0 aliphatic carbocycles. The molecule has 1 saturated heterocycles. The summed E-state index contributed by atoms with van der Waals surface area (Å²) in [4.78, 5) is 13.7. The highest BCUT2D eigenvalue weighted by Crippen LogP contribution is 2.19. The number of carbonyl (C=O) groups excluding carboxylic acids is 1. The molecule has 0 spiro atoms. The Labute approximate surface area is 92.2 Å². The number of nitrogens with two attached hydrogens (primary N) is 1. The molecule has 0 atom stereocenters. The van der Waals surface area contributed by atoms with Gasteiger partial charge in [0, 0.05) is 25.0 Å². The van der Waals surface area contributed by atoms with Crippen molar-refractivity contribution in [1.82, 2.24) is 10.2 Å². The Balaban J connectivity index is 2.31. The molecule has 0 aromatic carbocycles. The molecular weight excluding hydrogens is 190 g/mol. The standard InChI is InChI=1S/C11H23N3O/c1-11(2,14-7-3-4-8-14)9-13-10(15)5-6-12/h3-9,12H2,1-2H3,(H,13,15). The Kier molecular flexibility index (Phi) is 4.54. The molecule has 0 bridgehead atoms. The van der Waals surface area contributed by atoms with Gasteiger partial charge in [0.05, 0.1) is 0 Å². The van der Waals surface area contributed by atoms with Crippen LogP contribution in [-0.2, 0) is 4.79 Å². The van der Waals surface area contributed by atoms with Crippen molar-refractivity contribution in [3.05, 3.63) is 0 Å². The third kappa shape index (κ3) is 3.80. The minimum absolute atomic E-state index is 0.0600. The quantitative estimate of drug-likeness (QED) is 0.692. The molecule has 1 fully saturated rings. The second kappa shape index (κ2) is 5.47. The average molecular weight is 213 g/mol. The number of amides is 1. The molecule has 0 aromatic rings. The summed E-state index contributed by atoms with van der Waals surface area (Å²) >= 11 is 0. The van der Waals surface area contributed by atoms with Crippen LogP contribution in [0, 0.1) is 0 Å². The van der Waals surface area contributed by atoms with E-state index in [1.807, 2.05) is 0 Å². The highest BCUT2D eigenvalue weighted by atomic mass is 16.1. The summed E-state index contributed by atoms with van der Waals surface area (Å²) < 4.78 is 0. The maximum atomic E-state index is 11.3. The fraction of sp³-hybridized carbons (Fsp3) is 0.909. The van der Waals surface area contributed by atoms with Gasteiger partial charge in [-0.1, -0.05) is 0 Å². The maximum absolute atomic E-state index is 11.3. The van der Waals surface area contributed by atoms with E-state index in [1.165, 1.54) is 12.8 Å². The number of carbonyl (C=O) groups is 1. The molecule has 4 nitrogen and oxygen atoms in total. The van der Waals surface area contributed by atoms with Crippen LogP contribution in [-0.4, -0.2) is 42.5 Å². The normalized spacial score (nSPS) is 18.1. The van der Waals surface area contributed by atoms with Crippen molar-refractivity contribution in [3.8, 4) is 0 Å². The van der Waals surface area contributed by atoms with Crippen molar-refractivity contribution in [2.75, 3.05) is 26.2 Å². The molecule has 0 saturated carbocycles. The lowest BCUT2D eigenvalue weighted by molar-refractivity contribution is -0.121. The Hall–Kier alpha value is -0.610. The van der Waals surface area contributed by atoms with Gasteiger partial charge in [0.1, 0.15) is 0 Å². The third-order valence-corrected chi connectivity index (χ3v) is 3.05. The van der Waals surface area contributed by atoms with E-state index < -0.39 is 0 Å². The predicted octanol–water partition coefficient (Wildman–Crippen LogP) is 0.326. The molecule has 3 N–H and O–H groups in total. The van der Waals surface area contributed by atoms with Crippen LogP contribution in [0.3, 0.4) is 0 Å². The van der Waals surface area contributed by atoms with E-state index in [-0.39, 0.29) is 11.4 Å². The van der Waals surface area contributed by atoms with Crippen LogP contribution in [0.5, 0.6) is 0 Å². The Morgan fingerprint density at radius 3 is 2.53 bits per heavy atom. The highest BCUT2D eigenvalue weighted by Gasteiger charge is 2.28. The van der Waals surface area contributed by atoms with Gasteiger partial charge in [0.15, 0.2) is 0 Å². The molecule has 0 radical (unpaired) electrons. The number of likely N-dealkylation sites (tertiary alicyclic amines) is 1. The summed E-state index contributed by atoms with van der Waals surface area (Å²) in [5.74, 6) is 0.0600. The lowest BCUT2D eigenvalue weighted by Crippen LogP contribution is -2.50. The molecule has 1 aliphatic heterocycles. The first-order chi connectivity index (χ1) is 7.06. The Morgan fingerprint density at radius 2 is 2.00 bits per heavy atom. The molecule has 0 aromatic heterocycles. The monoisotopic (exact) mass is 213 g/mol. The molecule has 0 unspecified atom stereocenters. The summed E-state index contributed by atoms with van der Waals surface area (Å²) in [6.45, 7) is 7.81. The van der Waals surface area contributed by atoms with Gasteiger partial charge in [-0.05, 0) is 39.8 Å². The smallest absolute Gasteiger partial charge is 0.221 e. The molecular formula is C11H23N3O. The van der Waals surface area contributed by atoms with Crippen LogP contribution < -0.4 is 11.1 Å². The van der Waals surface area contributed by atoms with Gasteiger partial charge in [-0.15, -0.1) is 0 Å². The molecule has 1 aliphatic rings. The zero-order chi connectivity index (χ0) is 11.3. The summed E-state index contributed by atoms with van der Waals surface area (Å²) in [5.41, 5.74) is 5.39. The summed E-state index contributed by atoms with van der Waals surface area (Å²) in [6.07, 6.45) is 2.98. The number of nitrogens with zero attached hydrogens (tertiary/aromatic N) is 1. The molecule has 4 heteroatoms. The van der Waals surface area contributed by atoms with Crippen molar-refractivity contribution in [2.24, 2.45) is 5.73 Å². The topological polar surface area (TPSA) is 58.4 Å². The van der Waals surface area contributed by atoms with Crippen LogP contribution in [0.25, 0.3) is 0 Å². The zero-order valence-electron chi connectivity index (χ0n) is 9.88. The van der Waals surface area contributed by atoms with Crippen molar-refractivity contribution >= 4 is 5.91 Å². The number of rotatable bonds is 5. The van der Waals surface area contributed by atoms with Gasteiger partial charge < -0.3 is 11.1 Å². The summed E-state index contributed by atoms with van der Waals surface area (Å²) in [7, 11) is 0. The Morgan fingerprint density at radius 1 is 1.40 bits per heavy atom. The predicted molar refractivity (Wildman–Crippen MR) is 61.6 cm³/mol. The van der Waals surface area contributed by atoms with Crippen LogP contribution in [0.15, 0.2) is 0 Å². The average Bonchev–Trinajstić information content (AvgIpc) is 2.69. The van der Waals surface area contributed by atoms with Crippen LogP contribution >= 0.6 is 0 Å².